The zero-order valence-electron chi connectivity index (χ0n) is 12.4. The van der Waals surface area contributed by atoms with Crippen LogP contribution in [-0.4, -0.2) is 31.9 Å². The monoisotopic (exact) mass is 328 g/mol. The molecule has 3 N–H and O–H groups in total. The molecule has 1 amide bonds. The van der Waals surface area contributed by atoms with Gasteiger partial charge in [-0.25, -0.2) is 14.4 Å². The van der Waals surface area contributed by atoms with Gasteiger partial charge in [0, 0.05) is 6.20 Å². The molecule has 3 aromatic rings. The Morgan fingerprint density at radius 3 is 2.67 bits per heavy atom. The van der Waals surface area contributed by atoms with Crippen LogP contribution >= 0.6 is 0 Å². The van der Waals surface area contributed by atoms with E-state index in [1.54, 1.807) is 12.3 Å². The van der Waals surface area contributed by atoms with E-state index < -0.39 is 23.7 Å². The minimum absolute atomic E-state index is 0.138. The van der Waals surface area contributed by atoms with E-state index in [1.165, 1.54) is 30.6 Å². The van der Waals surface area contributed by atoms with E-state index in [9.17, 15) is 14.0 Å². The molecular weight excluding hydrogens is 315 g/mol. The number of halogens is 1. The van der Waals surface area contributed by atoms with Gasteiger partial charge in [-0.3, -0.25) is 9.59 Å². The number of aromatic nitrogens is 3. The van der Waals surface area contributed by atoms with E-state index in [2.05, 4.69) is 20.3 Å². The summed E-state index contributed by atoms with van der Waals surface area (Å²) in [7, 11) is 0. The summed E-state index contributed by atoms with van der Waals surface area (Å²) in [4.78, 5) is 34.4. The summed E-state index contributed by atoms with van der Waals surface area (Å²) in [5.74, 6) is -2.05. The molecule has 0 bridgehead atoms. The minimum Gasteiger partial charge on any atom is -0.481 e. The number of nitrogens with zero attached hydrogens (tertiary/aromatic N) is 2. The fourth-order valence-corrected chi connectivity index (χ4v) is 2.40. The van der Waals surface area contributed by atoms with Crippen LogP contribution in [0.25, 0.3) is 11.0 Å². The molecule has 1 atom stereocenters. The van der Waals surface area contributed by atoms with Crippen molar-refractivity contribution < 1.29 is 19.1 Å². The van der Waals surface area contributed by atoms with Crippen molar-refractivity contribution in [3.63, 3.8) is 0 Å². The normalized spacial score (nSPS) is 12.0. The molecule has 2 aromatic heterocycles. The van der Waals surface area contributed by atoms with Gasteiger partial charge in [-0.15, -0.1) is 0 Å². The number of hydrogen-bond acceptors (Lipinski definition) is 4. The highest BCUT2D eigenvalue weighted by molar-refractivity contribution is 6.03. The first-order valence-electron chi connectivity index (χ1n) is 7.11. The predicted octanol–water partition coefficient (Wildman–Crippen LogP) is 2.04. The number of carbonyl (C=O) groups is 2. The fraction of sp³-hybridized carbons (Fsp3) is 0.125. The van der Waals surface area contributed by atoms with Gasteiger partial charge in [0.15, 0.2) is 0 Å². The number of rotatable bonds is 5. The molecule has 0 aliphatic carbocycles. The molecule has 0 aliphatic rings. The Balaban J connectivity index is 1.89. The van der Waals surface area contributed by atoms with Crippen molar-refractivity contribution in [2.45, 2.75) is 12.5 Å². The third kappa shape index (κ3) is 3.22. The minimum atomic E-state index is -1.08. The maximum Gasteiger partial charge on any atom is 0.305 e. The highest BCUT2D eigenvalue weighted by Gasteiger charge is 2.21. The van der Waals surface area contributed by atoms with Crippen molar-refractivity contribution in [1.29, 1.82) is 0 Å². The third-order valence-electron chi connectivity index (χ3n) is 3.53. The number of aliphatic carboxylic acids is 1. The lowest BCUT2D eigenvalue weighted by Crippen LogP contribution is -2.31. The molecule has 0 radical (unpaired) electrons. The number of H-pyrrole nitrogens is 1. The topological polar surface area (TPSA) is 108 Å². The van der Waals surface area contributed by atoms with Crippen molar-refractivity contribution in [2.24, 2.45) is 0 Å². The molecule has 0 aliphatic heterocycles. The Morgan fingerprint density at radius 1 is 1.21 bits per heavy atom. The maximum absolute atomic E-state index is 13.1. The average molecular weight is 328 g/mol. The van der Waals surface area contributed by atoms with Crippen molar-refractivity contribution in [3.8, 4) is 0 Å². The summed E-state index contributed by atoms with van der Waals surface area (Å²) in [5.41, 5.74) is 1.14. The summed E-state index contributed by atoms with van der Waals surface area (Å²) in [6, 6.07) is 6.16. The number of aromatic amines is 1. The van der Waals surface area contributed by atoms with Crippen LogP contribution in [0.4, 0.5) is 4.39 Å². The fourth-order valence-electron chi connectivity index (χ4n) is 2.40. The van der Waals surface area contributed by atoms with E-state index in [4.69, 9.17) is 5.11 Å². The van der Waals surface area contributed by atoms with Crippen LogP contribution in [-0.2, 0) is 4.79 Å². The van der Waals surface area contributed by atoms with Gasteiger partial charge in [0.05, 0.1) is 17.8 Å². The predicted molar refractivity (Wildman–Crippen MR) is 82.7 cm³/mol. The molecule has 0 saturated heterocycles. The second-order valence-corrected chi connectivity index (χ2v) is 5.14. The van der Waals surface area contributed by atoms with Crippen LogP contribution < -0.4 is 5.32 Å². The molecule has 0 spiro atoms. The van der Waals surface area contributed by atoms with Crippen LogP contribution in [0.1, 0.15) is 28.5 Å². The maximum atomic E-state index is 13.1. The molecule has 0 fully saturated rings. The largest absolute Gasteiger partial charge is 0.481 e. The Bertz CT molecular complexity index is 892. The molecule has 7 nitrogen and oxygen atoms in total. The van der Waals surface area contributed by atoms with E-state index in [0.29, 0.717) is 16.6 Å². The molecule has 122 valence electrons. The van der Waals surface area contributed by atoms with Gasteiger partial charge in [0.2, 0.25) is 0 Å². The molecular formula is C16H13FN4O3. The second-order valence-electron chi connectivity index (χ2n) is 5.14. The molecule has 24 heavy (non-hydrogen) atoms. The Hall–Kier alpha value is -3.29. The third-order valence-corrected chi connectivity index (χ3v) is 3.53. The highest BCUT2D eigenvalue weighted by atomic mass is 19.1. The number of benzene rings is 1. The first-order chi connectivity index (χ1) is 11.5. The molecule has 8 heteroatoms. The van der Waals surface area contributed by atoms with Gasteiger partial charge >= 0.3 is 5.97 Å². The summed E-state index contributed by atoms with van der Waals surface area (Å²) >= 11 is 0. The van der Waals surface area contributed by atoms with Gasteiger partial charge in [0.1, 0.15) is 23.5 Å². The summed E-state index contributed by atoms with van der Waals surface area (Å²) in [6.07, 6.45) is 2.54. The number of carbonyl (C=O) groups excluding carboxylic acids is 1. The number of hydrogen-bond donors (Lipinski definition) is 3. The molecule has 0 unspecified atom stereocenters. The van der Waals surface area contributed by atoms with Crippen LogP contribution in [0, 0.1) is 5.82 Å². The Kier molecular flexibility index (Phi) is 4.19. The molecule has 3 rings (SSSR count). The molecule has 0 saturated carbocycles. The van der Waals surface area contributed by atoms with Crippen molar-refractivity contribution in [1.82, 2.24) is 20.3 Å². The lowest BCUT2D eigenvalue weighted by molar-refractivity contribution is -0.137. The number of fused-ring (bicyclic) bond motifs is 1. The van der Waals surface area contributed by atoms with Gasteiger partial charge in [-0.2, -0.15) is 0 Å². The van der Waals surface area contributed by atoms with E-state index in [0.717, 1.165) is 0 Å². The lowest BCUT2D eigenvalue weighted by atomic mass is 10.0. The van der Waals surface area contributed by atoms with Gasteiger partial charge in [-0.1, -0.05) is 12.1 Å². The van der Waals surface area contributed by atoms with E-state index in [-0.39, 0.29) is 12.1 Å². The number of carboxylic acids is 1. The van der Waals surface area contributed by atoms with Crippen molar-refractivity contribution in [3.05, 3.63) is 59.9 Å². The number of carboxylic acid groups (broad SMARTS) is 1. The van der Waals surface area contributed by atoms with Crippen molar-refractivity contribution in [2.75, 3.05) is 0 Å². The zero-order chi connectivity index (χ0) is 17.1. The molecule has 2 heterocycles. The van der Waals surface area contributed by atoms with Crippen LogP contribution in [0.3, 0.4) is 0 Å². The zero-order valence-corrected chi connectivity index (χ0v) is 12.4. The lowest BCUT2D eigenvalue weighted by Gasteiger charge is -2.17. The first-order valence-corrected chi connectivity index (χ1v) is 7.11. The Labute approximate surface area is 135 Å². The van der Waals surface area contributed by atoms with Crippen LogP contribution in [0.2, 0.25) is 0 Å². The van der Waals surface area contributed by atoms with Gasteiger partial charge in [-0.05, 0) is 23.8 Å². The van der Waals surface area contributed by atoms with E-state index in [1.807, 2.05) is 0 Å². The summed E-state index contributed by atoms with van der Waals surface area (Å²) in [6.45, 7) is 0. The smallest absolute Gasteiger partial charge is 0.305 e. The summed E-state index contributed by atoms with van der Waals surface area (Å²) in [5, 5.41) is 12.2. The number of amides is 1. The Morgan fingerprint density at radius 2 is 1.96 bits per heavy atom. The van der Waals surface area contributed by atoms with Gasteiger partial charge < -0.3 is 15.4 Å². The van der Waals surface area contributed by atoms with Crippen LogP contribution in [0.15, 0.2) is 42.9 Å². The van der Waals surface area contributed by atoms with Crippen LogP contribution in [0.5, 0.6) is 0 Å². The summed E-state index contributed by atoms with van der Waals surface area (Å²) < 4.78 is 13.1. The quantitative estimate of drug-likeness (QED) is 0.664. The van der Waals surface area contributed by atoms with Gasteiger partial charge in [0.25, 0.3) is 5.91 Å². The standard InChI is InChI=1S/C16H13FN4O3/c17-10-3-1-9(2-4-10)12(7-13(22)23)21-16(24)14-11-5-6-18-15(11)20-8-19-14/h1-6,8,12H,7H2,(H,21,24)(H,22,23)(H,18,19,20)/t12-/m0/s1. The SMILES string of the molecule is O=C(O)C[C@H](NC(=O)c1ncnc2[nH]ccc12)c1ccc(F)cc1. The highest BCUT2D eigenvalue weighted by Crippen LogP contribution is 2.19. The second kappa shape index (κ2) is 6.45. The average Bonchev–Trinajstić information content (AvgIpc) is 3.03. The van der Waals surface area contributed by atoms with E-state index >= 15 is 0 Å². The molecule has 1 aromatic carbocycles. The number of nitrogens with one attached hydrogen (secondary N) is 2. The first kappa shape index (κ1) is 15.6. The van der Waals surface area contributed by atoms with Crippen molar-refractivity contribution >= 4 is 22.9 Å².